The van der Waals surface area contributed by atoms with Crippen LogP contribution in [0.25, 0.3) is 16.8 Å². The van der Waals surface area contributed by atoms with Gasteiger partial charge in [-0.1, -0.05) is 5.92 Å². The summed E-state index contributed by atoms with van der Waals surface area (Å²) < 4.78 is 47.0. The first-order valence-electron chi connectivity index (χ1n) is 13.5. The number of hydrogen-bond acceptors (Lipinski definition) is 7. The minimum atomic E-state index is -4.56. The Labute approximate surface area is 239 Å². The van der Waals surface area contributed by atoms with Gasteiger partial charge in [-0.25, -0.2) is 15.0 Å². The van der Waals surface area contributed by atoms with Gasteiger partial charge in [-0.05, 0) is 62.9 Å². The van der Waals surface area contributed by atoms with Crippen LogP contribution in [-0.4, -0.2) is 49.9 Å². The number of aromatic nitrogens is 4. The molecule has 12 heteroatoms. The zero-order valence-corrected chi connectivity index (χ0v) is 23.0. The number of carbonyl (C=O) groups excluding carboxylic acids is 1. The first-order valence-corrected chi connectivity index (χ1v) is 13.5. The van der Waals surface area contributed by atoms with Crippen LogP contribution in [0.15, 0.2) is 48.9 Å². The molecule has 0 unspecified atom stereocenters. The number of imidazole rings is 1. The molecule has 2 bridgehead atoms. The highest BCUT2D eigenvalue weighted by Gasteiger charge is 2.54. The van der Waals surface area contributed by atoms with Crippen molar-refractivity contribution in [2.75, 3.05) is 24.7 Å². The average molecular weight is 576 g/mol. The minimum Gasteiger partial charge on any atom is -0.496 e. The molecular formula is C30H28F3N7O2. The van der Waals surface area contributed by atoms with Gasteiger partial charge in [0.1, 0.15) is 34.4 Å². The Bertz CT molecular complexity index is 1750. The first kappa shape index (κ1) is 27.5. The Balaban J connectivity index is 1.40. The predicted molar refractivity (Wildman–Crippen MR) is 151 cm³/mol. The average Bonchev–Trinajstić information content (AvgIpc) is 3.65. The number of carbonyl (C=O) groups is 1. The van der Waals surface area contributed by atoms with E-state index >= 15 is 0 Å². The van der Waals surface area contributed by atoms with Crippen molar-refractivity contribution in [1.29, 1.82) is 0 Å². The summed E-state index contributed by atoms with van der Waals surface area (Å²) in [6.45, 7) is 2.49. The number of benzene rings is 1. The second-order valence-electron chi connectivity index (χ2n) is 10.4. The first-order chi connectivity index (χ1) is 20.2. The maximum Gasteiger partial charge on any atom is 0.416 e. The highest BCUT2D eigenvalue weighted by molar-refractivity contribution is 6.04. The molecule has 3 aromatic heterocycles. The third-order valence-corrected chi connectivity index (χ3v) is 8.25. The molecule has 2 aliphatic rings. The maximum absolute atomic E-state index is 13.1. The molecule has 42 heavy (non-hydrogen) atoms. The van der Waals surface area contributed by atoms with Crippen LogP contribution in [0.3, 0.4) is 0 Å². The monoisotopic (exact) mass is 575 g/mol. The summed E-state index contributed by atoms with van der Waals surface area (Å²) in [4.78, 5) is 28.8. The SMILES string of the molecule is CC#CCN1C2CCC1(c1nc(-c3ccc(C(=O)Nc4cc(C(F)(F)F)ccn4)cc3OC)c3c(N)nccn13)CC2. The highest BCUT2D eigenvalue weighted by atomic mass is 19.4. The smallest absolute Gasteiger partial charge is 0.416 e. The summed E-state index contributed by atoms with van der Waals surface area (Å²) in [5, 5.41) is 2.43. The van der Waals surface area contributed by atoms with E-state index in [0.29, 0.717) is 40.9 Å². The predicted octanol–water partition coefficient (Wildman–Crippen LogP) is 5.13. The molecule has 0 spiro atoms. The normalized spacial score (nSPS) is 20.0. The van der Waals surface area contributed by atoms with Crippen molar-refractivity contribution >= 4 is 23.1 Å². The molecule has 2 fully saturated rings. The highest BCUT2D eigenvalue weighted by Crippen LogP contribution is 2.53. The molecule has 216 valence electrons. The van der Waals surface area contributed by atoms with Crippen LogP contribution < -0.4 is 15.8 Å². The fourth-order valence-corrected chi connectivity index (χ4v) is 6.30. The van der Waals surface area contributed by atoms with Gasteiger partial charge in [0.2, 0.25) is 0 Å². The number of methoxy groups -OCH3 is 1. The van der Waals surface area contributed by atoms with Gasteiger partial charge < -0.3 is 15.8 Å². The number of pyridine rings is 1. The van der Waals surface area contributed by atoms with Crippen molar-refractivity contribution in [1.82, 2.24) is 24.3 Å². The van der Waals surface area contributed by atoms with Crippen LogP contribution in [0, 0.1) is 11.8 Å². The van der Waals surface area contributed by atoms with E-state index in [9.17, 15) is 18.0 Å². The molecule has 1 amide bonds. The van der Waals surface area contributed by atoms with Crippen LogP contribution in [0.2, 0.25) is 0 Å². The van der Waals surface area contributed by atoms with E-state index in [1.54, 1.807) is 18.3 Å². The number of nitrogens with one attached hydrogen (secondary N) is 1. The summed E-state index contributed by atoms with van der Waals surface area (Å²) in [5.74, 6) is 6.89. The Morgan fingerprint density at radius 1 is 1.19 bits per heavy atom. The molecule has 2 aliphatic heterocycles. The number of anilines is 2. The zero-order valence-electron chi connectivity index (χ0n) is 23.0. The topological polar surface area (TPSA) is 111 Å². The van der Waals surface area contributed by atoms with Crippen LogP contribution in [0.1, 0.15) is 54.4 Å². The van der Waals surface area contributed by atoms with Crippen LogP contribution >= 0.6 is 0 Å². The van der Waals surface area contributed by atoms with Crippen molar-refractivity contribution < 1.29 is 22.7 Å². The van der Waals surface area contributed by atoms with Gasteiger partial charge in [0.25, 0.3) is 5.91 Å². The molecule has 0 aliphatic carbocycles. The summed E-state index contributed by atoms with van der Waals surface area (Å²) in [6.07, 6.45) is 3.96. The van der Waals surface area contributed by atoms with Crippen LogP contribution in [0.5, 0.6) is 5.75 Å². The fourth-order valence-electron chi connectivity index (χ4n) is 6.30. The second-order valence-corrected chi connectivity index (χ2v) is 10.4. The third-order valence-electron chi connectivity index (χ3n) is 8.25. The number of ether oxygens (including phenoxy) is 1. The molecule has 9 nitrogen and oxygen atoms in total. The molecular weight excluding hydrogens is 547 g/mol. The quantitative estimate of drug-likeness (QED) is 0.307. The number of amides is 1. The van der Waals surface area contributed by atoms with E-state index in [-0.39, 0.29) is 16.9 Å². The lowest BCUT2D eigenvalue weighted by molar-refractivity contribution is -0.137. The molecule has 3 N–H and O–H groups in total. The molecule has 5 heterocycles. The van der Waals surface area contributed by atoms with Gasteiger partial charge in [0.15, 0.2) is 0 Å². The molecule has 6 rings (SSSR count). The molecule has 0 radical (unpaired) electrons. The van der Waals surface area contributed by atoms with Gasteiger partial charge in [0.05, 0.1) is 24.8 Å². The largest absolute Gasteiger partial charge is 0.496 e. The Kier molecular flexibility index (Phi) is 6.77. The van der Waals surface area contributed by atoms with E-state index in [4.69, 9.17) is 15.5 Å². The van der Waals surface area contributed by atoms with E-state index in [0.717, 1.165) is 49.8 Å². The number of nitrogens with two attached hydrogens (primary N) is 1. The third kappa shape index (κ3) is 4.50. The lowest BCUT2D eigenvalue weighted by atomic mass is 9.87. The van der Waals surface area contributed by atoms with Crippen molar-refractivity contribution in [2.45, 2.75) is 50.4 Å². The Morgan fingerprint density at radius 3 is 2.69 bits per heavy atom. The lowest BCUT2D eigenvalue weighted by Gasteiger charge is -2.32. The molecule has 0 atom stereocenters. The molecule has 0 saturated carbocycles. The standard InChI is InChI=1S/C30H28F3N7O2/c1-3-4-14-40-20-7-10-29(40,11-8-20)28-38-24(25-26(34)36-13-15-39(25)28)21-6-5-18(16-22(21)42-2)27(41)37-23-17-19(9-12-35-23)30(31,32)33/h5-6,9,12-13,15-17,20H,7-8,10-11,14H2,1-2H3,(H2,34,36)(H,35,37,41). The van der Waals surface area contributed by atoms with E-state index in [1.165, 1.54) is 13.2 Å². The van der Waals surface area contributed by atoms with Gasteiger partial charge in [-0.3, -0.25) is 14.1 Å². The van der Waals surface area contributed by atoms with E-state index in [1.807, 2.05) is 17.5 Å². The van der Waals surface area contributed by atoms with E-state index < -0.39 is 17.6 Å². The lowest BCUT2D eigenvalue weighted by Crippen LogP contribution is -2.40. The molecule has 2 saturated heterocycles. The number of nitrogens with zero attached hydrogens (tertiary/aromatic N) is 5. The Hall–Kier alpha value is -4.63. The van der Waals surface area contributed by atoms with E-state index in [2.05, 4.69) is 32.0 Å². The molecule has 1 aromatic carbocycles. The van der Waals surface area contributed by atoms with Crippen molar-refractivity contribution in [3.05, 3.63) is 65.9 Å². The van der Waals surface area contributed by atoms with Gasteiger partial charge in [-0.2, -0.15) is 13.2 Å². The number of alkyl halides is 3. The fraction of sp³-hybridized carbons (Fsp3) is 0.333. The van der Waals surface area contributed by atoms with Gasteiger partial charge in [0, 0.05) is 35.8 Å². The zero-order chi connectivity index (χ0) is 29.6. The summed E-state index contributed by atoms with van der Waals surface area (Å²) >= 11 is 0. The van der Waals surface area contributed by atoms with Crippen LogP contribution in [0.4, 0.5) is 24.8 Å². The summed E-state index contributed by atoms with van der Waals surface area (Å²) in [6, 6.07) is 6.82. The van der Waals surface area contributed by atoms with Gasteiger partial charge >= 0.3 is 6.18 Å². The maximum atomic E-state index is 13.1. The number of halogens is 3. The van der Waals surface area contributed by atoms with Crippen LogP contribution in [-0.2, 0) is 11.7 Å². The second kappa shape index (κ2) is 10.3. The van der Waals surface area contributed by atoms with Gasteiger partial charge in [-0.15, -0.1) is 5.92 Å². The Morgan fingerprint density at radius 2 is 1.98 bits per heavy atom. The number of hydrogen-bond donors (Lipinski definition) is 2. The number of nitrogen functional groups attached to an aromatic ring is 1. The van der Waals surface area contributed by atoms with Crippen molar-refractivity contribution in [3.63, 3.8) is 0 Å². The summed E-state index contributed by atoms with van der Waals surface area (Å²) in [5.41, 5.74) is 7.16. The minimum absolute atomic E-state index is 0.169. The number of rotatable bonds is 6. The van der Waals surface area contributed by atoms with Crippen molar-refractivity contribution in [3.8, 4) is 28.8 Å². The van der Waals surface area contributed by atoms with Crippen molar-refractivity contribution in [2.24, 2.45) is 0 Å². The summed E-state index contributed by atoms with van der Waals surface area (Å²) in [7, 11) is 1.47. The number of fused-ring (bicyclic) bond motifs is 3. The molecule has 4 aromatic rings.